The van der Waals surface area contributed by atoms with Gasteiger partial charge in [0.2, 0.25) is 0 Å². The molecule has 3 heteroatoms. The summed E-state index contributed by atoms with van der Waals surface area (Å²) in [5.74, 6) is -0.290. The Bertz CT molecular complexity index is 286. The van der Waals surface area contributed by atoms with E-state index in [9.17, 15) is 9.59 Å². The lowest BCUT2D eigenvalue weighted by Crippen LogP contribution is -2.16. The van der Waals surface area contributed by atoms with Crippen LogP contribution in [-0.4, -0.2) is 18.4 Å². The fourth-order valence-corrected chi connectivity index (χ4v) is 2.07. The monoisotopic (exact) mass is 224 g/mol. The van der Waals surface area contributed by atoms with Gasteiger partial charge in [0.1, 0.15) is 0 Å². The number of allylic oxidation sites excluding steroid dienone is 1. The van der Waals surface area contributed by atoms with Crippen molar-refractivity contribution in [2.45, 2.75) is 46.0 Å². The molecule has 1 fully saturated rings. The van der Waals surface area contributed by atoms with Crippen molar-refractivity contribution in [1.82, 2.24) is 0 Å². The van der Waals surface area contributed by atoms with Crippen LogP contribution in [-0.2, 0) is 14.3 Å². The predicted molar refractivity (Wildman–Crippen MR) is 62.0 cm³/mol. The zero-order chi connectivity index (χ0) is 12.0. The lowest BCUT2D eigenvalue weighted by molar-refractivity contribution is -0.139. The molecule has 3 nitrogen and oxygen atoms in total. The van der Waals surface area contributed by atoms with E-state index in [4.69, 9.17) is 4.74 Å². The van der Waals surface area contributed by atoms with Gasteiger partial charge in [-0.25, -0.2) is 4.79 Å². The second kappa shape index (κ2) is 6.46. The van der Waals surface area contributed by atoms with Gasteiger partial charge in [-0.05, 0) is 32.6 Å². The van der Waals surface area contributed by atoms with Crippen LogP contribution in [0.25, 0.3) is 0 Å². The van der Waals surface area contributed by atoms with Crippen molar-refractivity contribution in [2.24, 2.45) is 5.92 Å². The van der Waals surface area contributed by atoms with Gasteiger partial charge in [-0.15, -0.1) is 0 Å². The summed E-state index contributed by atoms with van der Waals surface area (Å²) in [7, 11) is 0. The van der Waals surface area contributed by atoms with Crippen LogP contribution in [0.15, 0.2) is 11.6 Å². The van der Waals surface area contributed by atoms with Crippen LogP contribution in [0, 0.1) is 5.92 Å². The maximum atomic E-state index is 11.5. The van der Waals surface area contributed by atoms with E-state index in [0.29, 0.717) is 12.5 Å². The summed E-state index contributed by atoms with van der Waals surface area (Å²) in [4.78, 5) is 22.9. The van der Waals surface area contributed by atoms with Gasteiger partial charge in [-0.1, -0.05) is 25.3 Å². The zero-order valence-corrected chi connectivity index (χ0v) is 10.1. The number of ether oxygens (including phenoxy) is 1. The van der Waals surface area contributed by atoms with Gasteiger partial charge in [0.15, 0.2) is 5.78 Å². The maximum Gasteiger partial charge on any atom is 0.341 e. The third kappa shape index (κ3) is 3.80. The van der Waals surface area contributed by atoms with Gasteiger partial charge in [0.25, 0.3) is 0 Å². The molecule has 0 aromatic carbocycles. The minimum absolute atomic E-state index is 0.191. The van der Waals surface area contributed by atoms with E-state index >= 15 is 0 Å². The third-order valence-corrected chi connectivity index (χ3v) is 2.93. The molecule has 16 heavy (non-hydrogen) atoms. The molecule has 0 bridgehead atoms. The minimum atomic E-state index is -0.472. The summed E-state index contributed by atoms with van der Waals surface area (Å²) in [6.07, 6.45) is 7.62. The van der Waals surface area contributed by atoms with E-state index in [1.807, 2.05) is 6.08 Å². The normalized spacial score (nSPS) is 18.2. The molecule has 0 aromatic heterocycles. The number of Topliss-reactive ketones (excluding diaryl/α,β-unsaturated/α-hetero) is 1. The van der Waals surface area contributed by atoms with Crippen molar-refractivity contribution in [3.05, 3.63) is 11.6 Å². The highest BCUT2D eigenvalue weighted by Crippen LogP contribution is 2.26. The van der Waals surface area contributed by atoms with E-state index in [1.165, 1.54) is 26.2 Å². The van der Waals surface area contributed by atoms with Gasteiger partial charge in [-0.3, -0.25) is 4.79 Å². The summed E-state index contributed by atoms with van der Waals surface area (Å²) in [6, 6.07) is 0. The Balaban J connectivity index is 2.71. The molecule has 0 radical (unpaired) electrons. The fraction of sp³-hybridized carbons (Fsp3) is 0.692. The first kappa shape index (κ1) is 12.9. The standard InChI is InChI=1S/C13H20O3/c1-3-16-13(15)12(10(2)14)9-11-7-5-4-6-8-11/h9,11H,3-8H2,1-2H3/b12-9-. The molecule has 0 spiro atoms. The topological polar surface area (TPSA) is 43.4 Å². The molecule has 0 unspecified atom stereocenters. The van der Waals surface area contributed by atoms with E-state index in [2.05, 4.69) is 0 Å². The number of hydrogen-bond acceptors (Lipinski definition) is 3. The lowest BCUT2D eigenvalue weighted by atomic mass is 9.87. The van der Waals surface area contributed by atoms with Crippen LogP contribution < -0.4 is 0 Å². The predicted octanol–water partition coefficient (Wildman–Crippen LogP) is 2.65. The molecule has 1 saturated carbocycles. The van der Waals surface area contributed by atoms with Crippen LogP contribution in [0.5, 0.6) is 0 Å². The summed E-state index contributed by atoms with van der Waals surface area (Å²) in [5, 5.41) is 0. The summed E-state index contributed by atoms with van der Waals surface area (Å²) >= 11 is 0. The number of rotatable bonds is 4. The van der Waals surface area contributed by atoms with Crippen LogP contribution in [0.3, 0.4) is 0 Å². The van der Waals surface area contributed by atoms with Gasteiger partial charge in [0, 0.05) is 0 Å². The molecular weight excluding hydrogens is 204 g/mol. The maximum absolute atomic E-state index is 11.5. The molecule has 0 N–H and O–H groups in total. The highest BCUT2D eigenvalue weighted by Gasteiger charge is 2.19. The average molecular weight is 224 g/mol. The smallest absolute Gasteiger partial charge is 0.341 e. The molecule has 1 aliphatic carbocycles. The van der Waals surface area contributed by atoms with Crippen molar-refractivity contribution in [1.29, 1.82) is 0 Å². The van der Waals surface area contributed by atoms with Gasteiger partial charge < -0.3 is 4.74 Å². The molecule has 1 rings (SSSR count). The zero-order valence-electron chi connectivity index (χ0n) is 10.1. The molecule has 0 atom stereocenters. The molecule has 0 aliphatic heterocycles. The summed E-state index contributed by atoms with van der Waals surface area (Å²) in [5.41, 5.74) is 0.230. The number of carbonyl (C=O) groups is 2. The molecule has 90 valence electrons. The Morgan fingerprint density at radius 3 is 2.38 bits per heavy atom. The first-order valence-corrected chi connectivity index (χ1v) is 6.05. The first-order valence-electron chi connectivity index (χ1n) is 6.05. The van der Waals surface area contributed by atoms with Crippen LogP contribution in [0.4, 0.5) is 0 Å². The lowest BCUT2D eigenvalue weighted by Gasteiger charge is -2.18. The van der Waals surface area contributed by atoms with Gasteiger partial charge >= 0.3 is 5.97 Å². The molecular formula is C13H20O3. The Kier molecular flexibility index (Phi) is 5.23. The molecule has 1 aliphatic rings. The van der Waals surface area contributed by atoms with Crippen LogP contribution in [0.2, 0.25) is 0 Å². The van der Waals surface area contributed by atoms with Crippen molar-refractivity contribution in [3.8, 4) is 0 Å². The summed E-state index contributed by atoms with van der Waals surface area (Å²) in [6.45, 7) is 3.48. The van der Waals surface area contributed by atoms with E-state index in [-0.39, 0.29) is 11.4 Å². The molecule has 0 heterocycles. The van der Waals surface area contributed by atoms with Crippen LogP contribution >= 0.6 is 0 Å². The number of esters is 1. The quantitative estimate of drug-likeness (QED) is 0.319. The Hall–Kier alpha value is -1.12. The van der Waals surface area contributed by atoms with Crippen LogP contribution in [0.1, 0.15) is 46.0 Å². The highest BCUT2D eigenvalue weighted by molar-refractivity contribution is 6.16. The van der Waals surface area contributed by atoms with Gasteiger partial charge in [0.05, 0.1) is 12.2 Å². The number of carbonyl (C=O) groups excluding carboxylic acids is 2. The van der Waals surface area contributed by atoms with Crippen molar-refractivity contribution in [2.75, 3.05) is 6.61 Å². The van der Waals surface area contributed by atoms with Crippen molar-refractivity contribution in [3.63, 3.8) is 0 Å². The Morgan fingerprint density at radius 2 is 1.88 bits per heavy atom. The van der Waals surface area contributed by atoms with Crippen molar-refractivity contribution >= 4 is 11.8 Å². The van der Waals surface area contributed by atoms with E-state index in [0.717, 1.165) is 12.8 Å². The second-order valence-electron chi connectivity index (χ2n) is 4.26. The van der Waals surface area contributed by atoms with Crippen molar-refractivity contribution < 1.29 is 14.3 Å². The highest BCUT2D eigenvalue weighted by atomic mass is 16.5. The Morgan fingerprint density at radius 1 is 1.25 bits per heavy atom. The van der Waals surface area contributed by atoms with E-state index < -0.39 is 5.97 Å². The Labute approximate surface area is 96.9 Å². The van der Waals surface area contributed by atoms with E-state index in [1.54, 1.807) is 6.92 Å². The summed E-state index contributed by atoms with van der Waals surface area (Å²) < 4.78 is 4.88. The second-order valence-corrected chi connectivity index (χ2v) is 4.26. The largest absolute Gasteiger partial charge is 0.462 e. The minimum Gasteiger partial charge on any atom is -0.462 e. The number of hydrogen-bond donors (Lipinski definition) is 0. The van der Waals surface area contributed by atoms with Gasteiger partial charge in [-0.2, -0.15) is 0 Å². The average Bonchev–Trinajstić information content (AvgIpc) is 2.27. The SMILES string of the molecule is CCOC(=O)/C(=C\C1CCCCC1)C(C)=O. The molecule has 0 aromatic rings. The first-order chi connectivity index (χ1) is 7.65. The number of ketones is 1. The fourth-order valence-electron chi connectivity index (χ4n) is 2.07. The third-order valence-electron chi connectivity index (χ3n) is 2.93. The molecule has 0 amide bonds. The molecule has 0 saturated heterocycles.